The third kappa shape index (κ3) is 8.97. The van der Waals surface area contributed by atoms with Gasteiger partial charge < -0.3 is 0 Å². The Morgan fingerprint density at radius 1 is 1.25 bits per heavy atom. The van der Waals surface area contributed by atoms with Crippen LogP contribution in [0.25, 0.3) is 0 Å². The van der Waals surface area contributed by atoms with E-state index in [2.05, 4.69) is 15.7 Å². The first-order valence-electron chi connectivity index (χ1n) is 0.136. The Hall–Kier alpha value is 3.24. The summed E-state index contributed by atoms with van der Waals surface area (Å²) < 4.78 is 7.94. The second kappa shape index (κ2) is 16.3. The summed E-state index contributed by atoms with van der Waals surface area (Å²) in [5.41, 5.74) is 0. The molecule has 0 aromatic rings. The summed E-state index contributed by atoms with van der Waals surface area (Å²) in [5, 5.41) is 0. The molecule has 0 bridgehead atoms. The fraction of sp³-hybridized carbons (Fsp3) is 0. The van der Waals surface area contributed by atoms with Crippen LogP contribution in [0, 0.1) is 41.3 Å². The van der Waals surface area contributed by atoms with Crippen LogP contribution in [0.3, 0.4) is 0 Å². The maximum Gasteiger partial charge on any atom is 0 e. The number of rotatable bonds is 0. The van der Waals surface area contributed by atoms with Gasteiger partial charge in [0, 0.05) is 90.2 Å². The Bertz CT molecular complexity index is 8.00. The van der Waals surface area contributed by atoms with Crippen molar-refractivity contribution in [1.82, 2.24) is 0 Å². The Balaban J connectivity index is -0.00000000500. The zero-order valence-corrected chi connectivity index (χ0v) is 11.2. The van der Waals surface area contributed by atoms with Crippen molar-refractivity contribution in [2.45, 2.75) is 0 Å². The molecule has 0 aliphatic carbocycles. The molecule has 0 N–H and O–H groups in total. The monoisotopic (exact) mass is 354 g/mol. The Morgan fingerprint density at radius 3 is 1.25 bits per heavy atom. The molecule has 20 valence electrons. The number of hydrogen-bond acceptors (Lipinski definition) is 1. The van der Waals surface area contributed by atoms with Crippen molar-refractivity contribution >= 4 is 48.9 Å². The normalized spacial score (nSPS) is 1.25. The van der Waals surface area contributed by atoms with E-state index in [1.807, 2.05) is 0 Å². The van der Waals surface area contributed by atoms with Crippen molar-refractivity contribution < 1.29 is 60.8 Å². The molecule has 0 unspecified atom stereocenters. The van der Waals surface area contributed by atoms with Crippen LogP contribution >= 0.6 is 0 Å². The van der Waals surface area contributed by atoms with E-state index < -0.39 is 0 Å². The predicted octanol–water partition coefficient (Wildman–Crippen LogP) is -0.502. The molecule has 0 atom stereocenters. The summed E-state index contributed by atoms with van der Waals surface area (Å²) in [6, 6.07) is 0. The molecule has 0 heterocycles. The van der Waals surface area contributed by atoms with E-state index in [9.17, 15) is 0 Å². The average Bonchev–Trinajstić information content (AvgIpc) is 1.00. The van der Waals surface area contributed by atoms with Crippen molar-refractivity contribution in [3.63, 3.8) is 0 Å². The smallest absolute Gasteiger partial charge is 0 e. The fourth-order valence-corrected chi connectivity index (χ4v) is 0. The minimum absolute atomic E-state index is 0. The van der Waals surface area contributed by atoms with Gasteiger partial charge in [-0.3, -0.25) is 0 Å². The van der Waals surface area contributed by atoms with Crippen LogP contribution in [0.1, 0.15) is 0 Å². The first-order valence-corrected chi connectivity index (χ1v) is 0.561. The van der Waals surface area contributed by atoms with Crippen LogP contribution in [0.15, 0.2) is 0 Å². The maximum atomic E-state index is 7.94. The van der Waals surface area contributed by atoms with E-state index in [0.717, 1.165) is 0 Å². The molecule has 0 rings (SSSR count). The first-order chi connectivity index (χ1) is 1.00. The first kappa shape index (κ1) is 15.7. The van der Waals surface area contributed by atoms with Crippen LogP contribution in [0.5, 0.6) is 0 Å². The molecule has 0 saturated carbocycles. The largest absolute Gasteiger partial charge is 0 e. The van der Waals surface area contributed by atoms with Crippen LogP contribution in [0.4, 0.5) is 0 Å². The molecule has 0 saturated heterocycles. The third-order valence-electron chi connectivity index (χ3n) is 0. The van der Waals surface area contributed by atoms with E-state index in [4.69, 9.17) is 3.87 Å². The van der Waals surface area contributed by atoms with Gasteiger partial charge in [-0.2, -0.15) is 0 Å². The molecule has 0 aromatic carbocycles. The van der Waals surface area contributed by atoms with Gasteiger partial charge in [-0.15, -0.1) is 0 Å². The van der Waals surface area contributed by atoms with E-state index in [1.165, 1.54) is 0 Å². The second-order valence-corrected chi connectivity index (χ2v) is 0. The average molecular weight is 353 g/mol. The van der Waals surface area contributed by atoms with Gasteiger partial charge in [0.05, 0.1) is 0 Å². The summed E-state index contributed by atoms with van der Waals surface area (Å²) in [7, 11) is 0. The molecule has 3 radical (unpaired) electrons. The van der Waals surface area contributed by atoms with Crippen molar-refractivity contribution in [3.8, 4) is 0 Å². The summed E-state index contributed by atoms with van der Waals surface area (Å²) in [4.78, 5) is 0. The van der Waals surface area contributed by atoms with Crippen molar-refractivity contribution in [1.29, 1.82) is 0 Å². The molecule has 0 spiro atoms. The van der Waals surface area contributed by atoms with Crippen molar-refractivity contribution in [2.75, 3.05) is 0 Å². The summed E-state index contributed by atoms with van der Waals surface area (Å²) in [5.74, 6) is 0. The van der Waals surface area contributed by atoms with Gasteiger partial charge in [0.2, 0.25) is 0 Å². The fourth-order valence-electron chi connectivity index (χ4n) is 0. The quantitative estimate of drug-likeness (QED) is 0.537. The third-order valence-corrected chi connectivity index (χ3v) is 0. The molecule has 0 amide bonds. The van der Waals surface area contributed by atoms with Crippen molar-refractivity contribution in [2.24, 2.45) is 0 Å². The van der Waals surface area contributed by atoms with Gasteiger partial charge in [0.25, 0.3) is 0 Å². The standard InChI is InChI=1S/Ba.Co.O.Pr. The summed E-state index contributed by atoms with van der Waals surface area (Å²) >= 11 is 2.31. The topological polar surface area (TPSA) is 17.1 Å². The van der Waals surface area contributed by atoms with Crippen LogP contribution in [0.2, 0.25) is 0 Å². The van der Waals surface area contributed by atoms with Gasteiger partial charge in [0.15, 0.2) is 0 Å². The predicted molar refractivity (Wildman–Crippen MR) is 6.44 cm³/mol. The van der Waals surface area contributed by atoms with Gasteiger partial charge >= 0.3 is 19.5 Å². The molecular weight excluding hydrogens is 353 g/mol. The molecular formula is BaCoOPr. The molecule has 4 heavy (non-hydrogen) atoms. The molecule has 0 aromatic heterocycles. The van der Waals surface area contributed by atoms with Gasteiger partial charge in [-0.25, -0.2) is 0 Å². The Labute approximate surface area is 106 Å². The van der Waals surface area contributed by atoms with Gasteiger partial charge in [0.1, 0.15) is 0 Å². The zero-order valence-electron chi connectivity index (χ0n) is 2.03. The molecule has 4 heteroatoms. The SMILES string of the molecule is [Ba].[O]=[Co].[Pr]. The second-order valence-electron chi connectivity index (χ2n) is 0. The summed E-state index contributed by atoms with van der Waals surface area (Å²) in [6.07, 6.45) is 0. The van der Waals surface area contributed by atoms with Gasteiger partial charge in [-0.1, -0.05) is 0 Å². The van der Waals surface area contributed by atoms with E-state index >= 15 is 0 Å². The van der Waals surface area contributed by atoms with Crippen molar-refractivity contribution in [3.05, 3.63) is 0 Å². The van der Waals surface area contributed by atoms with Crippen LogP contribution in [-0.2, 0) is 19.5 Å². The van der Waals surface area contributed by atoms with E-state index in [-0.39, 0.29) is 90.2 Å². The summed E-state index contributed by atoms with van der Waals surface area (Å²) in [6.45, 7) is 0. The molecule has 1 nitrogen and oxygen atoms in total. The molecule has 0 aliphatic rings. The Kier molecular flexibility index (Phi) is 64.0. The minimum atomic E-state index is 0. The van der Waals surface area contributed by atoms with Gasteiger partial charge in [-0.05, 0) is 0 Å². The van der Waals surface area contributed by atoms with Crippen LogP contribution < -0.4 is 0 Å². The zero-order chi connectivity index (χ0) is 2.00. The molecule has 0 fully saturated rings. The Morgan fingerprint density at radius 2 is 1.25 bits per heavy atom. The minimum Gasteiger partial charge on any atom is 0 e. The molecule has 0 aliphatic heterocycles. The van der Waals surface area contributed by atoms with E-state index in [0.29, 0.717) is 0 Å². The number of hydrogen-bond donors (Lipinski definition) is 0. The van der Waals surface area contributed by atoms with Crippen LogP contribution in [-0.4, -0.2) is 48.9 Å². The van der Waals surface area contributed by atoms with E-state index in [1.54, 1.807) is 0 Å². The maximum absolute atomic E-state index is 7.94.